The summed E-state index contributed by atoms with van der Waals surface area (Å²) in [4.78, 5) is 11.8. The van der Waals surface area contributed by atoms with Crippen LogP contribution < -0.4 is 10.6 Å². The second-order valence-corrected chi connectivity index (χ2v) is 5.37. The summed E-state index contributed by atoms with van der Waals surface area (Å²) in [5.41, 5.74) is -0.226. The van der Waals surface area contributed by atoms with E-state index in [4.69, 9.17) is 0 Å². The van der Waals surface area contributed by atoms with Gasteiger partial charge in [-0.3, -0.25) is 4.79 Å². The number of alkyl halides is 3. The van der Waals surface area contributed by atoms with Crippen LogP contribution in [0.5, 0.6) is 0 Å². The van der Waals surface area contributed by atoms with Gasteiger partial charge in [0, 0.05) is 13.0 Å². The highest BCUT2D eigenvalue weighted by Gasteiger charge is 2.30. The Bertz CT molecular complexity index is 488. The topological polar surface area (TPSA) is 41.1 Å². The van der Waals surface area contributed by atoms with Crippen molar-refractivity contribution in [3.63, 3.8) is 0 Å². The van der Waals surface area contributed by atoms with Gasteiger partial charge in [0.05, 0.1) is 5.56 Å². The highest BCUT2D eigenvalue weighted by atomic mass is 35.5. The van der Waals surface area contributed by atoms with E-state index < -0.39 is 11.7 Å². The van der Waals surface area contributed by atoms with E-state index in [1.54, 1.807) is 6.07 Å². The van der Waals surface area contributed by atoms with Crippen LogP contribution in [0.15, 0.2) is 24.3 Å². The second kappa shape index (κ2) is 8.39. The number of carbonyl (C=O) groups is 1. The van der Waals surface area contributed by atoms with Crippen LogP contribution in [0.1, 0.15) is 30.4 Å². The lowest BCUT2D eigenvalue weighted by Gasteiger charge is -2.21. The Morgan fingerprint density at radius 2 is 1.95 bits per heavy atom. The molecule has 1 aliphatic rings. The molecule has 0 spiro atoms. The number of carbonyl (C=O) groups excluding carboxylic acids is 1. The first-order valence-corrected chi connectivity index (χ1v) is 7.08. The van der Waals surface area contributed by atoms with E-state index in [9.17, 15) is 18.0 Å². The van der Waals surface area contributed by atoms with Crippen molar-refractivity contribution in [2.45, 2.75) is 32.0 Å². The summed E-state index contributed by atoms with van der Waals surface area (Å²) in [6, 6.07) is 5.04. The fourth-order valence-electron chi connectivity index (χ4n) is 2.48. The van der Waals surface area contributed by atoms with Crippen molar-refractivity contribution in [1.29, 1.82) is 0 Å². The summed E-state index contributed by atoms with van der Waals surface area (Å²) in [5, 5.41) is 5.93. The van der Waals surface area contributed by atoms with E-state index in [1.165, 1.54) is 6.07 Å². The molecule has 1 heterocycles. The molecule has 2 N–H and O–H groups in total. The first-order valence-electron chi connectivity index (χ1n) is 7.08. The van der Waals surface area contributed by atoms with Crippen molar-refractivity contribution >= 4 is 18.3 Å². The van der Waals surface area contributed by atoms with Gasteiger partial charge >= 0.3 is 6.18 Å². The SMILES string of the molecule is Cl.O=C(CC1CCNCC1)NCc1cccc(C(F)(F)F)c1. The van der Waals surface area contributed by atoms with Gasteiger partial charge in [-0.25, -0.2) is 0 Å². The molecule has 0 saturated carbocycles. The number of hydrogen-bond acceptors (Lipinski definition) is 2. The third-order valence-corrected chi connectivity index (χ3v) is 3.68. The molecule has 0 unspecified atom stereocenters. The smallest absolute Gasteiger partial charge is 0.352 e. The summed E-state index contributed by atoms with van der Waals surface area (Å²) in [7, 11) is 0. The third-order valence-electron chi connectivity index (χ3n) is 3.68. The van der Waals surface area contributed by atoms with Crippen molar-refractivity contribution in [2.24, 2.45) is 5.92 Å². The lowest BCUT2D eigenvalue weighted by molar-refractivity contribution is -0.137. The van der Waals surface area contributed by atoms with Gasteiger partial charge in [0.1, 0.15) is 0 Å². The molecule has 1 aromatic rings. The van der Waals surface area contributed by atoms with Gasteiger partial charge in [0.2, 0.25) is 5.91 Å². The molecule has 0 atom stereocenters. The zero-order valence-corrected chi connectivity index (χ0v) is 12.9. The van der Waals surface area contributed by atoms with Gasteiger partial charge in [0.25, 0.3) is 0 Å². The van der Waals surface area contributed by atoms with Crippen molar-refractivity contribution in [1.82, 2.24) is 10.6 Å². The number of nitrogens with one attached hydrogen (secondary N) is 2. The van der Waals surface area contributed by atoms with Crippen molar-refractivity contribution in [2.75, 3.05) is 13.1 Å². The highest BCUT2D eigenvalue weighted by Crippen LogP contribution is 2.29. The lowest BCUT2D eigenvalue weighted by Crippen LogP contribution is -2.32. The van der Waals surface area contributed by atoms with Gasteiger partial charge in [-0.15, -0.1) is 12.4 Å². The van der Waals surface area contributed by atoms with Gasteiger partial charge in [-0.1, -0.05) is 12.1 Å². The number of hydrogen-bond donors (Lipinski definition) is 2. The number of benzene rings is 1. The van der Waals surface area contributed by atoms with Crippen molar-refractivity contribution in [3.05, 3.63) is 35.4 Å². The van der Waals surface area contributed by atoms with Crippen LogP contribution in [0.4, 0.5) is 13.2 Å². The first-order chi connectivity index (χ1) is 9.95. The van der Waals surface area contributed by atoms with Crippen LogP contribution in [-0.4, -0.2) is 19.0 Å². The molecule has 3 nitrogen and oxygen atoms in total. The Balaban J connectivity index is 0.00000242. The summed E-state index contributed by atoms with van der Waals surface area (Å²) in [6.45, 7) is 1.98. The Morgan fingerprint density at radius 3 is 2.59 bits per heavy atom. The number of piperidine rings is 1. The molecular formula is C15H20ClF3N2O. The molecule has 1 fully saturated rings. The third kappa shape index (κ3) is 5.85. The van der Waals surface area contributed by atoms with E-state index >= 15 is 0 Å². The van der Waals surface area contributed by atoms with Gasteiger partial charge in [-0.05, 0) is 49.5 Å². The molecule has 7 heteroatoms. The summed E-state index contributed by atoms with van der Waals surface area (Å²) in [5.74, 6) is 0.270. The molecule has 0 radical (unpaired) electrons. The van der Waals surface area contributed by atoms with Crippen LogP contribution in [-0.2, 0) is 17.5 Å². The Hall–Kier alpha value is -1.27. The van der Waals surface area contributed by atoms with Crippen LogP contribution in [0, 0.1) is 5.92 Å². The number of amides is 1. The summed E-state index contributed by atoms with van der Waals surface area (Å²) < 4.78 is 37.7. The number of rotatable bonds is 4. The highest BCUT2D eigenvalue weighted by molar-refractivity contribution is 5.85. The van der Waals surface area contributed by atoms with E-state index in [-0.39, 0.29) is 24.9 Å². The van der Waals surface area contributed by atoms with Crippen LogP contribution in [0.2, 0.25) is 0 Å². The molecule has 1 saturated heterocycles. The van der Waals surface area contributed by atoms with Crippen LogP contribution in [0.25, 0.3) is 0 Å². The Labute approximate surface area is 134 Å². The molecular weight excluding hydrogens is 317 g/mol. The molecule has 0 bridgehead atoms. The predicted molar refractivity (Wildman–Crippen MR) is 80.7 cm³/mol. The average Bonchev–Trinajstić information content (AvgIpc) is 2.46. The van der Waals surface area contributed by atoms with E-state index in [1.807, 2.05) is 0 Å². The first kappa shape index (κ1) is 18.8. The van der Waals surface area contributed by atoms with Gasteiger partial charge in [0.15, 0.2) is 0 Å². The van der Waals surface area contributed by atoms with E-state index in [2.05, 4.69) is 10.6 Å². The molecule has 1 aromatic carbocycles. The normalized spacial score (nSPS) is 16.0. The Morgan fingerprint density at radius 1 is 1.27 bits per heavy atom. The van der Waals surface area contributed by atoms with Crippen molar-refractivity contribution in [3.8, 4) is 0 Å². The second-order valence-electron chi connectivity index (χ2n) is 5.37. The summed E-state index contributed by atoms with van der Waals surface area (Å²) in [6.07, 6.45) is -1.97. The molecule has 22 heavy (non-hydrogen) atoms. The molecule has 124 valence electrons. The minimum atomic E-state index is -4.35. The fourth-order valence-corrected chi connectivity index (χ4v) is 2.48. The monoisotopic (exact) mass is 336 g/mol. The zero-order chi connectivity index (χ0) is 15.3. The quantitative estimate of drug-likeness (QED) is 0.887. The molecule has 2 rings (SSSR count). The lowest BCUT2D eigenvalue weighted by atomic mass is 9.94. The summed E-state index contributed by atoms with van der Waals surface area (Å²) >= 11 is 0. The molecule has 0 aromatic heterocycles. The standard InChI is InChI=1S/C15H19F3N2O.ClH/c16-15(17,18)13-3-1-2-12(8-13)10-20-14(21)9-11-4-6-19-7-5-11;/h1-3,8,11,19H,4-7,9-10H2,(H,20,21);1H. The predicted octanol–water partition coefficient (Wildman–Crippen LogP) is 3.13. The maximum atomic E-state index is 12.6. The van der Waals surface area contributed by atoms with E-state index in [0.29, 0.717) is 17.9 Å². The van der Waals surface area contributed by atoms with Gasteiger partial charge < -0.3 is 10.6 Å². The largest absolute Gasteiger partial charge is 0.416 e. The molecule has 0 aliphatic carbocycles. The van der Waals surface area contributed by atoms with Gasteiger partial charge in [-0.2, -0.15) is 13.2 Å². The van der Waals surface area contributed by atoms with E-state index in [0.717, 1.165) is 38.1 Å². The number of halogens is 4. The molecule has 1 aliphatic heterocycles. The zero-order valence-electron chi connectivity index (χ0n) is 12.1. The van der Waals surface area contributed by atoms with Crippen LogP contribution in [0.3, 0.4) is 0 Å². The minimum Gasteiger partial charge on any atom is -0.352 e. The fraction of sp³-hybridized carbons (Fsp3) is 0.533. The average molecular weight is 337 g/mol. The maximum absolute atomic E-state index is 12.6. The van der Waals surface area contributed by atoms with Crippen LogP contribution >= 0.6 is 12.4 Å². The molecule has 1 amide bonds. The van der Waals surface area contributed by atoms with Crippen molar-refractivity contribution < 1.29 is 18.0 Å². The minimum absolute atomic E-state index is 0. The Kier molecular flexibility index (Phi) is 7.16. The maximum Gasteiger partial charge on any atom is 0.416 e.